The second-order valence-corrected chi connectivity index (χ2v) is 13.2. The highest BCUT2D eigenvalue weighted by molar-refractivity contribution is 5.95. The van der Waals surface area contributed by atoms with E-state index in [1.807, 2.05) is 0 Å². The molecule has 1 aromatic heterocycles. The maximum Gasteiger partial charge on any atom is 0.135 e. The lowest BCUT2D eigenvalue weighted by atomic mass is 9.74. The van der Waals surface area contributed by atoms with Crippen LogP contribution in [0.4, 0.5) is 0 Å². The highest BCUT2D eigenvalue weighted by Crippen LogP contribution is 2.54. The molecule has 2 atom stereocenters. The molecule has 0 spiro atoms. The Kier molecular flexibility index (Phi) is 5.27. The van der Waals surface area contributed by atoms with Gasteiger partial charge in [0.15, 0.2) is 0 Å². The maximum atomic E-state index is 6.55. The fourth-order valence-corrected chi connectivity index (χ4v) is 8.57. The Hall–Kier alpha value is -4.88. The predicted octanol–water partition coefficient (Wildman–Crippen LogP) is 11.4. The Labute approximate surface area is 259 Å². The van der Waals surface area contributed by atoms with Gasteiger partial charge in [-0.25, -0.2) is 0 Å². The van der Waals surface area contributed by atoms with Crippen LogP contribution in [0, 0.1) is 0 Å². The van der Waals surface area contributed by atoms with Crippen molar-refractivity contribution in [2.75, 3.05) is 0 Å². The average molecular weight is 567 g/mol. The van der Waals surface area contributed by atoms with Gasteiger partial charge in [0.05, 0.1) is 0 Å². The van der Waals surface area contributed by atoms with Gasteiger partial charge >= 0.3 is 0 Å². The first-order chi connectivity index (χ1) is 21.5. The van der Waals surface area contributed by atoms with Gasteiger partial charge in [-0.15, -0.1) is 0 Å². The van der Waals surface area contributed by atoms with Gasteiger partial charge < -0.3 is 4.42 Å². The topological polar surface area (TPSA) is 13.1 Å². The molecule has 0 aliphatic heterocycles. The van der Waals surface area contributed by atoms with Gasteiger partial charge in [-0.05, 0) is 105 Å². The van der Waals surface area contributed by atoms with E-state index in [1.54, 1.807) is 0 Å². The third kappa shape index (κ3) is 3.36. The number of benzene rings is 5. The summed E-state index contributed by atoms with van der Waals surface area (Å²) in [6.07, 6.45) is 10.7. The monoisotopic (exact) mass is 566 g/mol. The lowest BCUT2D eigenvalue weighted by Gasteiger charge is -2.28. The van der Waals surface area contributed by atoms with E-state index in [9.17, 15) is 0 Å². The number of rotatable bonds is 1. The third-order valence-corrected chi connectivity index (χ3v) is 10.7. The minimum atomic E-state index is -0.184. The van der Waals surface area contributed by atoms with E-state index in [0.717, 1.165) is 24.2 Å². The molecule has 6 aromatic rings. The molecule has 4 bridgehead atoms. The first kappa shape index (κ1) is 25.6. The van der Waals surface area contributed by atoms with Crippen LogP contribution in [0.3, 0.4) is 0 Å². The fourth-order valence-electron chi connectivity index (χ4n) is 8.57. The quantitative estimate of drug-likeness (QED) is 0.193. The van der Waals surface area contributed by atoms with Crippen LogP contribution in [0.25, 0.3) is 56.5 Å². The molecule has 0 amide bonds. The Balaban J connectivity index is 1.37. The van der Waals surface area contributed by atoms with E-state index in [2.05, 4.69) is 148 Å². The molecule has 212 valence electrons. The molecule has 3 aliphatic carbocycles. The Morgan fingerprint density at radius 3 is 1.93 bits per heavy atom. The Bertz CT molecular complexity index is 2220. The number of hydrogen-bond acceptors (Lipinski definition) is 1. The third-order valence-electron chi connectivity index (χ3n) is 10.7. The van der Waals surface area contributed by atoms with Gasteiger partial charge in [-0.2, -0.15) is 0 Å². The number of hydrogen-bond donors (Lipinski definition) is 0. The lowest BCUT2D eigenvalue weighted by molar-refractivity contribution is 0.584. The van der Waals surface area contributed by atoms with Gasteiger partial charge in [0.25, 0.3) is 0 Å². The second-order valence-electron chi connectivity index (χ2n) is 13.2. The summed E-state index contributed by atoms with van der Waals surface area (Å²) >= 11 is 0. The number of allylic oxidation sites excluding steroid dienone is 2. The molecule has 0 saturated heterocycles. The van der Waals surface area contributed by atoms with Crippen molar-refractivity contribution in [3.8, 4) is 33.4 Å². The molecular weight excluding hydrogens is 532 g/mol. The maximum absolute atomic E-state index is 6.55. The molecule has 0 saturated carbocycles. The zero-order valence-corrected chi connectivity index (χ0v) is 25.4. The zero-order chi connectivity index (χ0) is 29.6. The molecule has 0 unspecified atom stereocenters. The normalized spacial score (nSPS) is 21.6. The van der Waals surface area contributed by atoms with Gasteiger partial charge in [0.1, 0.15) is 11.3 Å². The van der Waals surface area contributed by atoms with Crippen LogP contribution in [-0.2, 0) is 17.3 Å². The molecule has 0 N–H and O–H groups in total. The van der Waals surface area contributed by atoms with Crippen molar-refractivity contribution in [1.29, 1.82) is 0 Å². The summed E-state index contributed by atoms with van der Waals surface area (Å²) in [5, 5.41) is 1.23. The van der Waals surface area contributed by atoms with Crippen molar-refractivity contribution in [2.24, 2.45) is 0 Å². The molecule has 3 aliphatic rings. The molecule has 9 rings (SSSR count). The summed E-state index contributed by atoms with van der Waals surface area (Å²) in [5.41, 5.74) is 16.7. The van der Waals surface area contributed by atoms with E-state index in [0.29, 0.717) is 0 Å². The minimum absolute atomic E-state index is 0.136. The standard InChI is InChI=1S/C43H34O/c1-4-11-39-34-15-10-23-42(2)35-16-7-5-13-30(35)32-21-19-27(24-37(32)42)28-20-22-33-31-14-6-8-17-36(31)43(3,38(33)25-28)26-29-12-9-18-40(44-39)41(29)34/h4-22,24-25H,23,26H2,1-3H3/b11-4-,15-10-/t42-,43+/m1/s1. The second kappa shape index (κ2) is 9.07. The van der Waals surface area contributed by atoms with Crippen LogP contribution < -0.4 is 0 Å². The highest BCUT2D eigenvalue weighted by Gasteiger charge is 2.41. The van der Waals surface area contributed by atoms with E-state index >= 15 is 0 Å². The molecule has 1 nitrogen and oxygen atoms in total. The van der Waals surface area contributed by atoms with Crippen molar-refractivity contribution in [2.45, 2.75) is 44.4 Å². The number of fused-ring (bicyclic) bond motifs is 9. The lowest BCUT2D eigenvalue weighted by Crippen LogP contribution is -2.24. The van der Waals surface area contributed by atoms with Crippen molar-refractivity contribution in [1.82, 2.24) is 0 Å². The Morgan fingerprint density at radius 2 is 1.25 bits per heavy atom. The molecular formula is C43H34O. The fraction of sp³-hybridized carbons (Fsp3) is 0.163. The molecule has 44 heavy (non-hydrogen) atoms. The molecule has 0 fully saturated rings. The molecule has 1 heteroatoms. The van der Waals surface area contributed by atoms with Crippen molar-refractivity contribution >= 4 is 23.1 Å². The summed E-state index contributed by atoms with van der Waals surface area (Å²) in [5.74, 6) is 0.926. The van der Waals surface area contributed by atoms with E-state index < -0.39 is 0 Å². The van der Waals surface area contributed by atoms with Crippen LogP contribution in [0.15, 0.2) is 120 Å². The van der Waals surface area contributed by atoms with Crippen LogP contribution >= 0.6 is 0 Å². The largest absolute Gasteiger partial charge is 0.456 e. The average Bonchev–Trinajstić information content (AvgIpc) is 3.62. The zero-order valence-electron chi connectivity index (χ0n) is 25.4. The summed E-state index contributed by atoms with van der Waals surface area (Å²) in [7, 11) is 0. The van der Waals surface area contributed by atoms with Crippen molar-refractivity contribution in [3.63, 3.8) is 0 Å². The summed E-state index contributed by atoms with van der Waals surface area (Å²) < 4.78 is 6.55. The van der Waals surface area contributed by atoms with E-state index in [1.165, 1.54) is 72.1 Å². The smallest absolute Gasteiger partial charge is 0.135 e. The SMILES string of the molecule is C/C=C\c1oc2cccc3c2c1/C=C\C[C@]1(C)c2ccccc2-c2ccc(cc21)-c1ccc2c(c1)[C@@](C)(C3)c1ccccc1-2. The van der Waals surface area contributed by atoms with Gasteiger partial charge in [-0.1, -0.05) is 117 Å². The first-order valence-electron chi connectivity index (χ1n) is 15.8. The van der Waals surface area contributed by atoms with Crippen LogP contribution in [-0.4, -0.2) is 0 Å². The van der Waals surface area contributed by atoms with Gasteiger partial charge in [0, 0.05) is 21.8 Å². The van der Waals surface area contributed by atoms with Crippen LogP contribution in [0.5, 0.6) is 0 Å². The van der Waals surface area contributed by atoms with Crippen LogP contribution in [0.2, 0.25) is 0 Å². The Morgan fingerprint density at radius 1 is 0.636 bits per heavy atom. The van der Waals surface area contributed by atoms with Crippen molar-refractivity contribution in [3.05, 3.63) is 154 Å². The first-order valence-corrected chi connectivity index (χ1v) is 15.8. The van der Waals surface area contributed by atoms with E-state index in [-0.39, 0.29) is 10.8 Å². The highest BCUT2D eigenvalue weighted by atomic mass is 16.3. The minimum Gasteiger partial charge on any atom is -0.456 e. The number of furan rings is 1. The molecule has 5 aromatic carbocycles. The van der Waals surface area contributed by atoms with Crippen LogP contribution in [0.1, 0.15) is 66.3 Å². The molecule has 0 radical (unpaired) electrons. The summed E-state index contributed by atoms with van der Waals surface area (Å²) in [6.45, 7) is 6.93. The summed E-state index contributed by atoms with van der Waals surface area (Å²) in [4.78, 5) is 0. The summed E-state index contributed by atoms with van der Waals surface area (Å²) in [6, 6.07) is 38.9. The van der Waals surface area contributed by atoms with Gasteiger partial charge in [-0.3, -0.25) is 0 Å². The molecule has 1 heterocycles. The van der Waals surface area contributed by atoms with E-state index in [4.69, 9.17) is 4.42 Å². The van der Waals surface area contributed by atoms with Gasteiger partial charge in [0.2, 0.25) is 0 Å². The van der Waals surface area contributed by atoms with Crippen molar-refractivity contribution < 1.29 is 4.42 Å². The predicted molar refractivity (Wildman–Crippen MR) is 184 cm³/mol.